The second kappa shape index (κ2) is 4.84. The lowest BCUT2D eigenvalue weighted by Crippen LogP contribution is -2.17. The van der Waals surface area contributed by atoms with Crippen molar-refractivity contribution in [3.63, 3.8) is 0 Å². The van der Waals surface area contributed by atoms with Gasteiger partial charge in [-0.3, -0.25) is 0 Å². The van der Waals surface area contributed by atoms with Crippen LogP contribution in [0.1, 0.15) is 24.7 Å². The highest BCUT2D eigenvalue weighted by Crippen LogP contribution is 2.23. The first-order valence-electron chi connectivity index (χ1n) is 6.53. The fourth-order valence-electron chi connectivity index (χ4n) is 2.46. The minimum Gasteiger partial charge on any atom is -0.487 e. The average molecular weight is 242 g/mol. The Balaban J connectivity index is 1.72. The summed E-state index contributed by atoms with van der Waals surface area (Å²) >= 11 is 0. The largest absolute Gasteiger partial charge is 0.487 e. The highest BCUT2D eigenvalue weighted by Gasteiger charge is 2.19. The maximum absolute atomic E-state index is 5.78. The molecule has 0 radical (unpaired) electrons. The molecule has 2 heterocycles. The normalized spacial score (nSPS) is 18.4. The lowest BCUT2D eigenvalue weighted by atomic mass is 9.97. The van der Waals surface area contributed by atoms with Gasteiger partial charge >= 0.3 is 0 Å². The van der Waals surface area contributed by atoms with Gasteiger partial charge in [-0.05, 0) is 30.9 Å². The van der Waals surface area contributed by atoms with Crippen molar-refractivity contribution in [2.75, 3.05) is 0 Å². The van der Waals surface area contributed by atoms with Gasteiger partial charge in [0.05, 0.1) is 12.0 Å². The minimum absolute atomic E-state index is 0.569. The van der Waals surface area contributed by atoms with Crippen molar-refractivity contribution in [2.45, 2.75) is 32.9 Å². The van der Waals surface area contributed by atoms with Gasteiger partial charge in [0, 0.05) is 12.2 Å². The molecule has 0 aliphatic carbocycles. The van der Waals surface area contributed by atoms with Gasteiger partial charge < -0.3 is 9.30 Å². The van der Waals surface area contributed by atoms with Gasteiger partial charge in [0.2, 0.25) is 0 Å². The van der Waals surface area contributed by atoms with E-state index in [1.165, 1.54) is 12.1 Å². The monoisotopic (exact) mass is 242 g/mol. The number of fused-ring (bicyclic) bond motifs is 1. The Hall–Kier alpha value is -1.77. The quantitative estimate of drug-likeness (QED) is 0.827. The van der Waals surface area contributed by atoms with Crippen molar-refractivity contribution in [2.24, 2.45) is 5.92 Å². The summed E-state index contributed by atoms with van der Waals surface area (Å²) in [6.07, 6.45) is 4.32. The predicted octanol–water partition coefficient (Wildman–Crippen LogP) is 3.04. The number of para-hydroxylation sites is 1. The lowest BCUT2D eigenvalue weighted by Gasteiger charge is -2.21. The zero-order valence-corrected chi connectivity index (χ0v) is 10.7. The average Bonchev–Trinajstić information content (AvgIpc) is 2.80. The Morgan fingerprint density at radius 2 is 2.17 bits per heavy atom. The predicted molar refractivity (Wildman–Crippen MR) is 70.5 cm³/mol. The molecule has 0 spiro atoms. The standard InChI is InChI=1S/C15H18N2O/c1-12-7-8-17-11-16-14(15(17)9-12)10-18-13-5-3-2-4-6-13/h2-6,11-12H,7-10H2,1H3. The highest BCUT2D eigenvalue weighted by atomic mass is 16.5. The number of nitrogens with zero attached hydrogens (tertiary/aromatic N) is 2. The van der Waals surface area contributed by atoms with Gasteiger partial charge in [-0.1, -0.05) is 25.1 Å². The van der Waals surface area contributed by atoms with E-state index in [0.717, 1.165) is 30.3 Å². The number of hydrogen-bond donors (Lipinski definition) is 0. The molecule has 1 aromatic carbocycles. The van der Waals surface area contributed by atoms with Crippen LogP contribution in [0, 0.1) is 5.92 Å². The van der Waals surface area contributed by atoms with E-state index in [4.69, 9.17) is 4.74 Å². The van der Waals surface area contributed by atoms with Gasteiger partial charge in [0.15, 0.2) is 0 Å². The molecular formula is C15H18N2O. The van der Waals surface area contributed by atoms with Crippen LogP contribution in [0.25, 0.3) is 0 Å². The fraction of sp³-hybridized carbons (Fsp3) is 0.400. The number of ether oxygens (including phenoxy) is 1. The second-order valence-electron chi connectivity index (χ2n) is 5.03. The van der Waals surface area contributed by atoms with Crippen LogP contribution in [0.2, 0.25) is 0 Å². The van der Waals surface area contributed by atoms with E-state index >= 15 is 0 Å². The highest BCUT2D eigenvalue weighted by molar-refractivity contribution is 5.22. The Morgan fingerprint density at radius 1 is 1.33 bits per heavy atom. The molecule has 3 nitrogen and oxygen atoms in total. The van der Waals surface area contributed by atoms with Crippen molar-refractivity contribution >= 4 is 0 Å². The molecule has 1 aliphatic heterocycles. The first-order valence-corrected chi connectivity index (χ1v) is 6.53. The van der Waals surface area contributed by atoms with Gasteiger partial charge in [-0.15, -0.1) is 0 Å². The van der Waals surface area contributed by atoms with E-state index in [2.05, 4.69) is 16.5 Å². The number of aromatic nitrogens is 2. The van der Waals surface area contributed by atoms with Crippen LogP contribution in [0.4, 0.5) is 0 Å². The van der Waals surface area contributed by atoms with E-state index in [0.29, 0.717) is 6.61 Å². The lowest BCUT2D eigenvalue weighted by molar-refractivity contribution is 0.297. The van der Waals surface area contributed by atoms with Crippen molar-refractivity contribution in [3.05, 3.63) is 48.0 Å². The molecule has 3 rings (SSSR count). The molecule has 0 saturated carbocycles. The summed E-state index contributed by atoms with van der Waals surface area (Å²) in [6.45, 7) is 3.96. The minimum atomic E-state index is 0.569. The molecule has 3 heteroatoms. The van der Waals surface area contributed by atoms with Gasteiger partial charge in [-0.2, -0.15) is 0 Å². The Kier molecular flexibility index (Phi) is 3.05. The summed E-state index contributed by atoms with van der Waals surface area (Å²) in [4.78, 5) is 4.49. The summed E-state index contributed by atoms with van der Waals surface area (Å²) < 4.78 is 8.04. The van der Waals surface area contributed by atoms with Crippen molar-refractivity contribution in [3.8, 4) is 5.75 Å². The molecule has 0 amide bonds. The number of aryl methyl sites for hydroxylation is 1. The first-order chi connectivity index (χ1) is 8.83. The van der Waals surface area contributed by atoms with E-state index in [1.54, 1.807) is 0 Å². The van der Waals surface area contributed by atoms with Gasteiger partial charge in [0.25, 0.3) is 0 Å². The maximum atomic E-state index is 5.78. The molecule has 0 N–H and O–H groups in total. The summed E-state index contributed by atoms with van der Waals surface area (Å²) in [5, 5.41) is 0. The van der Waals surface area contributed by atoms with Gasteiger partial charge in [-0.25, -0.2) is 4.98 Å². The number of imidazole rings is 1. The Labute approximate surface area is 107 Å². The van der Waals surface area contributed by atoms with Crippen LogP contribution in [-0.4, -0.2) is 9.55 Å². The number of hydrogen-bond acceptors (Lipinski definition) is 2. The molecule has 94 valence electrons. The second-order valence-corrected chi connectivity index (χ2v) is 5.03. The number of rotatable bonds is 3. The molecular weight excluding hydrogens is 224 g/mol. The third-order valence-corrected chi connectivity index (χ3v) is 3.56. The molecule has 0 saturated heterocycles. The van der Waals surface area contributed by atoms with Crippen LogP contribution in [-0.2, 0) is 19.6 Å². The third kappa shape index (κ3) is 2.26. The fourth-order valence-corrected chi connectivity index (χ4v) is 2.46. The van der Waals surface area contributed by atoms with Crippen LogP contribution < -0.4 is 4.74 Å². The summed E-state index contributed by atoms with van der Waals surface area (Å²) in [6, 6.07) is 9.92. The summed E-state index contributed by atoms with van der Waals surface area (Å²) in [5.74, 6) is 1.66. The molecule has 0 fully saturated rings. The van der Waals surface area contributed by atoms with Crippen molar-refractivity contribution < 1.29 is 4.74 Å². The molecule has 1 unspecified atom stereocenters. The van der Waals surface area contributed by atoms with E-state index in [9.17, 15) is 0 Å². The first kappa shape index (κ1) is 11.3. The molecule has 2 aromatic rings. The van der Waals surface area contributed by atoms with Crippen LogP contribution in [0.5, 0.6) is 5.75 Å². The van der Waals surface area contributed by atoms with Gasteiger partial charge in [0.1, 0.15) is 12.4 Å². The van der Waals surface area contributed by atoms with Crippen LogP contribution in [0.15, 0.2) is 36.7 Å². The van der Waals surface area contributed by atoms with Crippen molar-refractivity contribution in [1.82, 2.24) is 9.55 Å². The Morgan fingerprint density at radius 3 is 3.00 bits per heavy atom. The smallest absolute Gasteiger partial charge is 0.132 e. The molecule has 1 aliphatic rings. The molecule has 1 atom stereocenters. The van der Waals surface area contributed by atoms with Crippen LogP contribution in [0.3, 0.4) is 0 Å². The topological polar surface area (TPSA) is 27.1 Å². The third-order valence-electron chi connectivity index (χ3n) is 3.56. The zero-order valence-electron chi connectivity index (χ0n) is 10.7. The van der Waals surface area contributed by atoms with E-state index in [-0.39, 0.29) is 0 Å². The summed E-state index contributed by atoms with van der Waals surface area (Å²) in [5.41, 5.74) is 2.44. The molecule has 1 aromatic heterocycles. The zero-order chi connectivity index (χ0) is 12.4. The summed E-state index contributed by atoms with van der Waals surface area (Å²) in [7, 11) is 0. The maximum Gasteiger partial charge on any atom is 0.132 e. The van der Waals surface area contributed by atoms with Crippen molar-refractivity contribution in [1.29, 1.82) is 0 Å². The SMILES string of the molecule is CC1CCn2cnc(COc3ccccc3)c2C1. The van der Waals surface area contributed by atoms with E-state index < -0.39 is 0 Å². The Bertz CT molecular complexity index is 519. The van der Waals surface area contributed by atoms with Crippen LogP contribution >= 0.6 is 0 Å². The van der Waals surface area contributed by atoms with E-state index in [1.807, 2.05) is 36.7 Å². The molecule has 18 heavy (non-hydrogen) atoms. The molecule has 0 bridgehead atoms. The number of benzene rings is 1.